The van der Waals surface area contributed by atoms with Gasteiger partial charge in [0.1, 0.15) is 5.65 Å². The van der Waals surface area contributed by atoms with Crippen LogP contribution < -0.4 is 16.6 Å². The van der Waals surface area contributed by atoms with Crippen LogP contribution in [0.1, 0.15) is 21.6 Å². The largest absolute Gasteiger partial charge is 0.397 e. The number of amides is 1. The first-order valence-corrected chi connectivity index (χ1v) is 10.2. The van der Waals surface area contributed by atoms with Crippen LogP contribution in [0.2, 0.25) is 0 Å². The second-order valence-corrected chi connectivity index (χ2v) is 7.82. The van der Waals surface area contributed by atoms with Gasteiger partial charge in [0.05, 0.1) is 11.3 Å². The van der Waals surface area contributed by atoms with E-state index in [1.54, 1.807) is 24.4 Å². The highest BCUT2D eigenvalue weighted by atomic mass is 16.2. The average Bonchev–Trinajstić information content (AvgIpc) is 2.77. The van der Waals surface area contributed by atoms with Gasteiger partial charge in [-0.1, -0.05) is 0 Å². The van der Waals surface area contributed by atoms with E-state index in [4.69, 9.17) is 5.73 Å². The average molecular weight is 419 g/mol. The van der Waals surface area contributed by atoms with E-state index in [0.29, 0.717) is 22.5 Å². The Kier molecular flexibility index (Phi) is 5.73. The minimum atomic E-state index is -0.297. The number of aromatic nitrogens is 2. The maximum Gasteiger partial charge on any atom is 0.259 e. The molecule has 1 fully saturated rings. The number of aromatic amines is 1. The number of fused-ring (bicyclic) bond motifs is 1. The number of nitrogens with one attached hydrogen (secondary N) is 2. The number of hydrogen-bond acceptors (Lipinski definition) is 6. The van der Waals surface area contributed by atoms with E-state index < -0.39 is 0 Å². The first kappa shape index (κ1) is 20.6. The topological polar surface area (TPSA) is 107 Å². The minimum absolute atomic E-state index is 0.0428. The lowest BCUT2D eigenvalue weighted by Crippen LogP contribution is -2.47. The summed E-state index contributed by atoms with van der Waals surface area (Å²) in [6, 6.07) is 12.7. The zero-order valence-corrected chi connectivity index (χ0v) is 17.7. The smallest absolute Gasteiger partial charge is 0.259 e. The summed E-state index contributed by atoms with van der Waals surface area (Å²) >= 11 is 0. The van der Waals surface area contributed by atoms with E-state index in [0.717, 1.165) is 42.9 Å². The molecule has 4 N–H and O–H groups in total. The lowest BCUT2D eigenvalue weighted by atomic mass is 10.1. The van der Waals surface area contributed by atoms with E-state index in [9.17, 15) is 9.59 Å². The standard InChI is InChI=1S/C23H26N6O2/c1-15-3-4-17-13-19(22(30)27-21(17)26-15)20(24)14-25-18-7-5-16(6-8-18)23(31)29-11-9-28(2)10-12-29/h3-8,13-14,25H,9-12,24H2,1-2H3,(H,26,27,30)/b20-14-. The number of piperazine rings is 1. The predicted octanol–water partition coefficient (Wildman–Crippen LogP) is 1.99. The van der Waals surface area contributed by atoms with Gasteiger partial charge in [0, 0.05) is 54.7 Å². The van der Waals surface area contributed by atoms with Gasteiger partial charge in [0.15, 0.2) is 0 Å². The van der Waals surface area contributed by atoms with Crippen LogP contribution in [0.4, 0.5) is 5.69 Å². The molecule has 0 aliphatic carbocycles. The molecular formula is C23H26N6O2. The Balaban J connectivity index is 1.46. The number of anilines is 1. The number of benzene rings is 1. The SMILES string of the molecule is Cc1ccc2cc(/C(N)=C/Nc3ccc(C(=O)N4CCN(C)CC4)cc3)c(=O)[nH]c2n1. The predicted molar refractivity (Wildman–Crippen MR) is 123 cm³/mol. The normalized spacial score (nSPS) is 15.3. The van der Waals surface area contributed by atoms with Crippen molar-refractivity contribution in [1.29, 1.82) is 0 Å². The van der Waals surface area contributed by atoms with Crippen LogP contribution in [-0.2, 0) is 0 Å². The highest BCUT2D eigenvalue weighted by Gasteiger charge is 2.20. The molecule has 1 aliphatic heterocycles. The van der Waals surface area contributed by atoms with Crippen LogP contribution >= 0.6 is 0 Å². The minimum Gasteiger partial charge on any atom is -0.397 e. The third-order valence-corrected chi connectivity index (χ3v) is 5.47. The van der Waals surface area contributed by atoms with E-state index >= 15 is 0 Å². The molecule has 2 aromatic heterocycles. The second kappa shape index (κ2) is 8.61. The quantitative estimate of drug-likeness (QED) is 0.598. The number of rotatable bonds is 4. The summed E-state index contributed by atoms with van der Waals surface area (Å²) in [6.45, 7) is 5.12. The molecule has 4 rings (SSSR count). The van der Waals surface area contributed by atoms with Crippen molar-refractivity contribution in [2.45, 2.75) is 6.92 Å². The summed E-state index contributed by atoms with van der Waals surface area (Å²) in [5.41, 5.74) is 9.31. The fraction of sp³-hybridized carbons (Fsp3) is 0.261. The number of carbonyl (C=O) groups excluding carboxylic acids is 1. The lowest BCUT2D eigenvalue weighted by molar-refractivity contribution is 0.0664. The molecule has 1 aromatic carbocycles. The molecule has 1 amide bonds. The third-order valence-electron chi connectivity index (χ3n) is 5.47. The summed E-state index contributed by atoms with van der Waals surface area (Å²) in [4.78, 5) is 36.2. The van der Waals surface area contributed by atoms with Crippen molar-refractivity contribution in [1.82, 2.24) is 19.8 Å². The molecular weight excluding hydrogens is 392 g/mol. The summed E-state index contributed by atoms with van der Waals surface area (Å²) in [5, 5.41) is 3.90. The summed E-state index contributed by atoms with van der Waals surface area (Å²) in [5.74, 6) is 0.0428. The van der Waals surface area contributed by atoms with Crippen LogP contribution in [0.5, 0.6) is 0 Å². The van der Waals surface area contributed by atoms with E-state index in [-0.39, 0.29) is 11.5 Å². The molecule has 1 saturated heterocycles. The molecule has 3 heterocycles. The molecule has 0 atom stereocenters. The molecule has 31 heavy (non-hydrogen) atoms. The molecule has 1 aliphatic rings. The van der Waals surface area contributed by atoms with Gasteiger partial charge in [-0.05, 0) is 56.4 Å². The summed E-state index contributed by atoms with van der Waals surface area (Å²) in [7, 11) is 2.06. The van der Waals surface area contributed by atoms with Gasteiger partial charge in [-0.15, -0.1) is 0 Å². The number of hydrogen-bond donors (Lipinski definition) is 3. The van der Waals surface area contributed by atoms with Gasteiger partial charge in [-0.3, -0.25) is 9.59 Å². The van der Waals surface area contributed by atoms with Crippen molar-refractivity contribution in [2.24, 2.45) is 5.73 Å². The number of carbonyl (C=O) groups is 1. The number of pyridine rings is 2. The van der Waals surface area contributed by atoms with E-state index in [1.165, 1.54) is 0 Å². The fourth-order valence-corrected chi connectivity index (χ4v) is 3.53. The summed E-state index contributed by atoms with van der Waals surface area (Å²) in [6.07, 6.45) is 1.58. The molecule has 160 valence electrons. The Morgan fingerprint density at radius 1 is 1.13 bits per heavy atom. The van der Waals surface area contributed by atoms with Crippen molar-refractivity contribution >= 4 is 28.3 Å². The number of nitrogens with two attached hydrogens (primary N) is 1. The lowest BCUT2D eigenvalue weighted by Gasteiger charge is -2.32. The highest BCUT2D eigenvalue weighted by molar-refractivity contribution is 5.94. The van der Waals surface area contributed by atoms with Gasteiger partial charge in [-0.2, -0.15) is 0 Å². The van der Waals surface area contributed by atoms with Gasteiger partial charge in [-0.25, -0.2) is 4.98 Å². The Labute approximate surface area is 180 Å². The van der Waals surface area contributed by atoms with E-state index in [2.05, 4.69) is 27.2 Å². The molecule has 0 bridgehead atoms. The Morgan fingerprint density at radius 2 is 1.84 bits per heavy atom. The van der Waals surface area contributed by atoms with Gasteiger partial charge >= 0.3 is 0 Å². The highest BCUT2D eigenvalue weighted by Crippen LogP contribution is 2.15. The van der Waals surface area contributed by atoms with Crippen molar-refractivity contribution < 1.29 is 4.79 Å². The molecule has 0 spiro atoms. The first-order valence-electron chi connectivity index (χ1n) is 10.2. The number of H-pyrrole nitrogens is 1. The number of aryl methyl sites for hydroxylation is 1. The molecule has 0 radical (unpaired) electrons. The molecule has 0 saturated carbocycles. The summed E-state index contributed by atoms with van der Waals surface area (Å²) < 4.78 is 0. The first-order chi connectivity index (χ1) is 14.9. The van der Waals surface area contributed by atoms with Crippen LogP contribution in [0.25, 0.3) is 16.7 Å². The van der Waals surface area contributed by atoms with Crippen LogP contribution in [-0.4, -0.2) is 58.9 Å². The molecule has 0 unspecified atom stereocenters. The van der Waals surface area contributed by atoms with Crippen molar-refractivity contribution in [3.05, 3.63) is 75.8 Å². The van der Waals surface area contributed by atoms with Gasteiger partial charge in [0.2, 0.25) is 0 Å². The fourth-order valence-electron chi connectivity index (χ4n) is 3.53. The molecule has 8 nitrogen and oxygen atoms in total. The van der Waals surface area contributed by atoms with Crippen LogP contribution in [0, 0.1) is 6.92 Å². The van der Waals surface area contributed by atoms with Gasteiger partial charge in [0.25, 0.3) is 11.5 Å². The van der Waals surface area contributed by atoms with Crippen molar-refractivity contribution in [3.63, 3.8) is 0 Å². The van der Waals surface area contributed by atoms with Crippen molar-refractivity contribution in [2.75, 3.05) is 38.5 Å². The Bertz CT molecular complexity index is 1190. The van der Waals surface area contributed by atoms with E-state index in [1.807, 2.05) is 36.1 Å². The number of likely N-dealkylation sites (N-methyl/N-ethyl adjacent to an activating group) is 1. The second-order valence-electron chi connectivity index (χ2n) is 7.82. The Hall–Kier alpha value is -3.65. The number of nitrogens with zero attached hydrogens (tertiary/aromatic N) is 3. The monoisotopic (exact) mass is 418 g/mol. The zero-order chi connectivity index (χ0) is 22.0. The van der Waals surface area contributed by atoms with Crippen molar-refractivity contribution in [3.8, 4) is 0 Å². The third kappa shape index (κ3) is 4.59. The zero-order valence-electron chi connectivity index (χ0n) is 17.7. The van der Waals surface area contributed by atoms with Crippen LogP contribution in [0.3, 0.4) is 0 Å². The van der Waals surface area contributed by atoms with Gasteiger partial charge < -0.3 is 25.8 Å². The molecule has 3 aromatic rings. The van der Waals surface area contributed by atoms with Crippen LogP contribution in [0.15, 0.2) is 53.5 Å². The Morgan fingerprint density at radius 3 is 2.55 bits per heavy atom. The maximum atomic E-state index is 12.6. The molecule has 8 heteroatoms. The maximum absolute atomic E-state index is 12.6.